The Morgan fingerprint density at radius 2 is 0.696 bits per heavy atom. The molecule has 0 fully saturated rings. The van der Waals surface area contributed by atoms with Crippen molar-refractivity contribution in [3.63, 3.8) is 0 Å². The van der Waals surface area contributed by atoms with Gasteiger partial charge in [-0.2, -0.15) is 0 Å². The minimum Gasteiger partial charge on any atom is -0.0622 e. The molecule has 0 heterocycles. The third kappa shape index (κ3) is 4.30. The van der Waals surface area contributed by atoms with Crippen molar-refractivity contribution in [1.82, 2.24) is 0 Å². The Hall–Kier alpha value is -5.98. The fraction of sp³-hybridized carbons (Fsp3) is 0. The molecule has 0 aliphatic rings. The van der Waals surface area contributed by atoms with Crippen molar-refractivity contribution in [1.29, 1.82) is 0 Å². The van der Waals surface area contributed by atoms with E-state index in [1.54, 1.807) is 0 Å². The maximum Gasteiger partial charge on any atom is -0.00201 e. The van der Waals surface area contributed by atoms with Crippen molar-refractivity contribution in [2.45, 2.75) is 0 Å². The van der Waals surface area contributed by atoms with Crippen LogP contribution < -0.4 is 0 Å². The van der Waals surface area contributed by atoms with E-state index in [0.29, 0.717) is 0 Å². The molecule has 0 heteroatoms. The molecule has 0 aliphatic carbocycles. The van der Waals surface area contributed by atoms with E-state index in [-0.39, 0.29) is 0 Å². The number of benzene rings is 9. The van der Waals surface area contributed by atoms with Crippen LogP contribution in [0, 0.1) is 0 Å². The second-order valence-corrected chi connectivity index (χ2v) is 12.1. The van der Waals surface area contributed by atoms with Crippen LogP contribution in [0.4, 0.5) is 0 Å². The van der Waals surface area contributed by atoms with Crippen molar-refractivity contribution < 1.29 is 0 Å². The zero-order valence-electron chi connectivity index (χ0n) is 25.3. The van der Waals surface area contributed by atoms with Crippen LogP contribution in [0.5, 0.6) is 0 Å². The molecule has 0 bridgehead atoms. The SMILES string of the molecule is c1ccc(-c2c3ccccc3c(-c3cccc4cc(-c5ccc(-c6cccc7ccccc67)cc5)ccc34)c3ccccc23)cc1. The summed E-state index contributed by atoms with van der Waals surface area (Å²) in [5, 5.41) is 10.2. The van der Waals surface area contributed by atoms with E-state index in [2.05, 4.69) is 182 Å². The summed E-state index contributed by atoms with van der Waals surface area (Å²) < 4.78 is 0. The molecule has 0 saturated carbocycles. The number of rotatable bonds is 4. The van der Waals surface area contributed by atoms with Gasteiger partial charge in [-0.15, -0.1) is 0 Å². The summed E-state index contributed by atoms with van der Waals surface area (Å²) in [4.78, 5) is 0. The Balaban J connectivity index is 1.19. The lowest BCUT2D eigenvalue weighted by molar-refractivity contribution is 1.62. The molecule has 0 nitrogen and oxygen atoms in total. The lowest BCUT2D eigenvalue weighted by atomic mass is 9.84. The molecular weight excluding hydrogens is 553 g/mol. The van der Waals surface area contributed by atoms with E-state index in [1.165, 1.54) is 87.6 Å². The zero-order chi connectivity index (χ0) is 30.5. The van der Waals surface area contributed by atoms with Crippen molar-refractivity contribution in [2.75, 3.05) is 0 Å². The lowest BCUT2D eigenvalue weighted by Crippen LogP contribution is -1.91. The Bertz CT molecular complexity index is 2490. The van der Waals surface area contributed by atoms with Gasteiger partial charge in [0.25, 0.3) is 0 Å². The highest BCUT2D eigenvalue weighted by molar-refractivity contribution is 6.23. The van der Waals surface area contributed by atoms with Gasteiger partial charge in [0.15, 0.2) is 0 Å². The van der Waals surface area contributed by atoms with Crippen molar-refractivity contribution in [2.24, 2.45) is 0 Å². The van der Waals surface area contributed by atoms with Crippen LogP contribution in [0.2, 0.25) is 0 Å². The van der Waals surface area contributed by atoms with Crippen LogP contribution in [0.3, 0.4) is 0 Å². The van der Waals surface area contributed by atoms with Gasteiger partial charge in [-0.05, 0) is 93.7 Å². The molecule has 0 unspecified atom stereocenters. The predicted octanol–water partition coefficient (Wildman–Crippen LogP) is 13.0. The number of hydrogen-bond donors (Lipinski definition) is 0. The second kappa shape index (κ2) is 10.9. The minimum absolute atomic E-state index is 1.22. The zero-order valence-corrected chi connectivity index (χ0v) is 25.3. The Kier molecular flexibility index (Phi) is 6.25. The standard InChI is InChI=1S/C46H30/c1-2-13-34(14-3-1)45-41-18-6-8-20-43(41)46(44-21-9-7-19-42(44)45)40-23-11-16-36-30-35(28-29-39(36)40)31-24-26-33(27-25-31)38-22-10-15-32-12-4-5-17-37(32)38/h1-30H. The van der Waals surface area contributed by atoms with Gasteiger partial charge in [0, 0.05) is 0 Å². The van der Waals surface area contributed by atoms with Gasteiger partial charge in [0.05, 0.1) is 0 Å². The molecule has 0 amide bonds. The van der Waals surface area contributed by atoms with Crippen molar-refractivity contribution in [3.8, 4) is 44.5 Å². The Morgan fingerprint density at radius 3 is 1.39 bits per heavy atom. The maximum atomic E-state index is 2.34. The van der Waals surface area contributed by atoms with Crippen LogP contribution in [0.1, 0.15) is 0 Å². The predicted molar refractivity (Wildman–Crippen MR) is 198 cm³/mol. The monoisotopic (exact) mass is 582 g/mol. The number of hydrogen-bond acceptors (Lipinski definition) is 0. The highest BCUT2D eigenvalue weighted by Crippen LogP contribution is 2.45. The third-order valence-corrected chi connectivity index (χ3v) is 9.46. The Labute approximate surface area is 268 Å². The molecule has 0 aromatic heterocycles. The van der Waals surface area contributed by atoms with Crippen LogP contribution >= 0.6 is 0 Å². The first-order chi connectivity index (χ1) is 22.8. The summed E-state index contributed by atoms with van der Waals surface area (Å²) in [5.41, 5.74) is 10.1. The van der Waals surface area contributed by atoms with Gasteiger partial charge < -0.3 is 0 Å². The highest BCUT2D eigenvalue weighted by Gasteiger charge is 2.18. The summed E-state index contributed by atoms with van der Waals surface area (Å²) >= 11 is 0. The molecule has 0 saturated heterocycles. The maximum absolute atomic E-state index is 2.34. The van der Waals surface area contributed by atoms with Crippen LogP contribution in [-0.2, 0) is 0 Å². The fourth-order valence-corrected chi connectivity index (χ4v) is 7.34. The summed E-state index contributed by atoms with van der Waals surface area (Å²) in [6, 6.07) is 66.4. The summed E-state index contributed by atoms with van der Waals surface area (Å²) in [6.07, 6.45) is 0. The average Bonchev–Trinajstić information content (AvgIpc) is 3.13. The lowest BCUT2D eigenvalue weighted by Gasteiger charge is -2.19. The molecule has 9 aromatic carbocycles. The second-order valence-electron chi connectivity index (χ2n) is 12.1. The molecule has 46 heavy (non-hydrogen) atoms. The Morgan fingerprint density at radius 1 is 0.217 bits per heavy atom. The summed E-state index contributed by atoms with van der Waals surface area (Å²) in [7, 11) is 0. The summed E-state index contributed by atoms with van der Waals surface area (Å²) in [6.45, 7) is 0. The molecule has 9 rings (SSSR count). The molecule has 0 spiro atoms. The van der Waals surface area contributed by atoms with Gasteiger partial charge in [-0.1, -0.05) is 176 Å². The van der Waals surface area contributed by atoms with Gasteiger partial charge in [-0.3, -0.25) is 0 Å². The van der Waals surface area contributed by atoms with Crippen molar-refractivity contribution >= 4 is 43.1 Å². The van der Waals surface area contributed by atoms with E-state index in [0.717, 1.165) is 0 Å². The van der Waals surface area contributed by atoms with Gasteiger partial charge in [0.2, 0.25) is 0 Å². The van der Waals surface area contributed by atoms with Crippen molar-refractivity contribution in [3.05, 3.63) is 182 Å². The van der Waals surface area contributed by atoms with E-state index >= 15 is 0 Å². The van der Waals surface area contributed by atoms with E-state index < -0.39 is 0 Å². The summed E-state index contributed by atoms with van der Waals surface area (Å²) in [5.74, 6) is 0. The van der Waals surface area contributed by atoms with Gasteiger partial charge in [-0.25, -0.2) is 0 Å². The molecule has 0 atom stereocenters. The van der Waals surface area contributed by atoms with Gasteiger partial charge in [0.1, 0.15) is 0 Å². The first-order valence-corrected chi connectivity index (χ1v) is 15.9. The number of fused-ring (bicyclic) bond motifs is 4. The largest absolute Gasteiger partial charge is 0.0622 e. The smallest absolute Gasteiger partial charge is 0.00201 e. The fourth-order valence-electron chi connectivity index (χ4n) is 7.34. The quantitative estimate of drug-likeness (QED) is 0.181. The van der Waals surface area contributed by atoms with Crippen LogP contribution in [-0.4, -0.2) is 0 Å². The third-order valence-electron chi connectivity index (χ3n) is 9.46. The molecule has 0 aliphatic heterocycles. The molecule has 214 valence electrons. The molecule has 9 aromatic rings. The van der Waals surface area contributed by atoms with Crippen LogP contribution in [0.15, 0.2) is 182 Å². The minimum atomic E-state index is 1.22. The van der Waals surface area contributed by atoms with Gasteiger partial charge >= 0.3 is 0 Å². The molecule has 0 radical (unpaired) electrons. The van der Waals surface area contributed by atoms with Crippen LogP contribution in [0.25, 0.3) is 87.6 Å². The first kappa shape index (κ1) is 26.4. The molecular formula is C46H30. The average molecular weight is 583 g/mol. The first-order valence-electron chi connectivity index (χ1n) is 15.9. The molecule has 0 N–H and O–H groups in total. The van der Waals surface area contributed by atoms with E-state index in [4.69, 9.17) is 0 Å². The highest BCUT2D eigenvalue weighted by atomic mass is 14.2. The normalized spacial score (nSPS) is 11.5. The topological polar surface area (TPSA) is 0 Å². The van der Waals surface area contributed by atoms with E-state index in [9.17, 15) is 0 Å². The van der Waals surface area contributed by atoms with E-state index in [1.807, 2.05) is 0 Å².